The van der Waals surface area contributed by atoms with Gasteiger partial charge in [-0.3, -0.25) is 9.59 Å². The Hall–Kier alpha value is -1.96. The van der Waals surface area contributed by atoms with Crippen LogP contribution in [0, 0.1) is 23.3 Å². The molecular formula is C12H11F4NO3. The molecule has 0 heterocycles. The number of halogens is 4. The summed E-state index contributed by atoms with van der Waals surface area (Å²) in [6, 6.07) is 0. The Balaban J connectivity index is 3.37. The van der Waals surface area contributed by atoms with Gasteiger partial charge in [0.2, 0.25) is 0 Å². The number of amides is 1. The van der Waals surface area contributed by atoms with Gasteiger partial charge in [-0.25, -0.2) is 17.6 Å². The lowest BCUT2D eigenvalue weighted by molar-refractivity contribution is 0.0775. The number of nitrogens with zero attached hydrogens (tertiary/aromatic N) is 1. The van der Waals surface area contributed by atoms with Gasteiger partial charge in [-0.1, -0.05) is 0 Å². The van der Waals surface area contributed by atoms with Crippen LogP contribution in [0.1, 0.15) is 27.1 Å². The maximum atomic E-state index is 13.6. The third-order valence-electron chi connectivity index (χ3n) is 2.63. The van der Waals surface area contributed by atoms with E-state index in [0.29, 0.717) is 0 Å². The van der Waals surface area contributed by atoms with Crippen molar-refractivity contribution in [3.05, 3.63) is 34.4 Å². The fourth-order valence-electron chi connectivity index (χ4n) is 1.57. The highest BCUT2D eigenvalue weighted by Crippen LogP contribution is 2.24. The van der Waals surface area contributed by atoms with Gasteiger partial charge >= 0.3 is 0 Å². The molecule has 110 valence electrons. The van der Waals surface area contributed by atoms with Crippen LogP contribution in [0.3, 0.4) is 0 Å². The second-order valence-corrected chi connectivity index (χ2v) is 3.97. The average Bonchev–Trinajstić information content (AvgIpc) is 2.45. The van der Waals surface area contributed by atoms with Gasteiger partial charge in [0.15, 0.2) is 29.6 Å². The molecule has 1 aromatic rings. The topological polar surface area (TPSA) is 57.6 Å². The zero-order valence-corrected chi connectivity index (χ0v) is 10.4. The van der Waals surface area contributed by atoms with Crippen LogP contribution in [0.5, 0.6) is 0 Å². The summed E-state index contributed by atoms with van der Waals surface area (Å²) in [4.78, 5) is 23.4. The van der Waals surface area contributed by atoms with Crippen LogP contribution in [0.2, 0.25) is 0 Å². The maximum Gasteiger partial charge on any atom is 0.257 e. The van der Waals surface area contributed by atoms with E-state index < -0.39 is 40.3 Å². The smallest absolute Gasteiger partial charge is 0.257 e. The summed E-state index contributed by atoms with van der Waals surface area (Å²) in [7, 11) is 1.19. The van der Waals surface area contributed by atoms with E-state index in [0.717, 1.165) is 4.90 Å². The van der Waals surface area contributed by atoms with E-state index in [4.69, 9.17) is 5.11 Å². The summed E-state index contributed by atoms with van der Waals surface area (Å²) in [5.41, 5.74) is -2.35. The zero-order chi connectivity index (χ0) is 15.4. The largest absolute Gasteiger partial charge is 0.396 e. The van der Waals surface area contributed by atoms with Crippen molar-refractivity contribution in [3.63, 3.8) is 0 Å². The normalized spacial score (nSPS) is 10.5. The van der Waals surface area contributed by atoms with Gasteiger partial charge < -0.3 is 10.0 Å². The number of aliphatic hydroxyl groups excluding tert-OH is 1. The summed E-state index contributed by atoms with van der Waals surface area (Å²) >= 11 is 0. The third-order valence-corrected chi connectivity index (χ3v) is 2.63. The lowest BCUT2D eigenvalue weighted by Gasteiger charge is -2.18. The first kappa shape index (κ1) is 16.1. The van der Waals surface area contributed by atoms with E-state index in [1.165, 1.54) is 7.05 Å². The van der Waals surface area contributed by atoms with Crippen molar-refractivity contribution in [1.82, 2.24) is 4.90 Å². The lowest BCUT2D eigenvalue weighted by atomic mass is 10.0. The first-order valence-electron chi connectivity index (χ1n) is 5.54. The van der Waals surface area contributed by atoms with Crippen LogP contribution < -0.4 is 0 Å². The van der Waals surface area contributed by atoms with Gasteiger partial charge in [-0.05, 0) is 6.42 Å². The van der Waals surface area contributed by atoms with Crippen LogP contribution in [0.4, 0.5) is 17.6 Å². The van der Waals surface area contributed by atoms with E-state index in [2.05, 4.69) is 0 Å². The van der Waals surface area contributed by atoms with Gasteiger partial charge in [0, 0.05) is 20.2 Å². The zero-order valence-electron chi connectivity index (χ0n) is 10.4. The van der Waals surface area contributed by atoms with E-state index in [1.54, 1.807) is 0 Å². The number of hydrogen-bond acceptors (Lipinski definition) is 3. The molecule has 0 bridgehead atoms. The summed E-state index contributed by atoms with van der Waals surface area (Å²) in [6.07, 6.45) is -0.111. The Morgan fingerprint density at radius 1 is 1.15 bits per heavy atom. The quantitative estimate of drug-likeness (QED) is 0.387. The minimum atomic E-state index is -2.16. The number of carbonyl (C=O) groups excluding carboxylic acids is 2. The highest BCUT2D eigenvalue weighted by molar-refractivity contribution is 6.01. The van der Waals surface area contributed by atoms with Gasteiger partial charge in [-0.2, -0.15) is 0 Å². The number of rotatable bonds is 5. The molecule has 0 spiro atoms. The number of hydrogen-bond donors (Lipinski definition) is 1. The van der Waals surface area contributed by atoms with Crippen molar-refractivity contribution >= 4 is 12.2 Å². The number of benzene rings is 1. The molecule has 0 radical (unpaired) electrons. The number of aldehydes is 1. The molecule has 8 heteroatoms. The molecule has 1 rings (SSSR count). The summed E-state index contributed by atoms with van der Waals surface area (Å²) in [5.74, 6) is -9.34. The summed E-state index contributed by atoms with van der Waals surface area (Å²) in [6.45, 7) is -0.291. The molecule has 0 saturated heterocycles. The molecule has 0 saturated carbocycles. The van der Waals surface area contributed by atoms with Gasteiger partial charge in [-0.15, -0.1) is 0 Å². The van der Waals surface area contributed by atoms with Crippen molar-refractivity contribution < 1.29 is 32.3 Å². The SMILES string of the molecule is CN(CCCO)C(=O)c1c(F)c(F)c(F)c(F)c1C=O. The molecule has 0 aliphatic carbocycles. The molecule has 20 heavy (non-hydrogen) atoms. The monoisotopic (exact) mass is 293 g/mol. The van der Waals surface area contributed by atoms with Crippen molar-refractivity contribution in [2.24, 2.45) is 0 Å². The maximum absolute atomic E-state index is 13.6. The van der Waals surface area contributed by atoms with Crippen molar-refractivity contribution in [2.75, 3.05) is 20.2 Å². The Morgan fingerprint density at radius 2 is 1.70 bits per heavy atom. The van der Waals surface area contributed by atoms with Crippen molar-refractivity contribution in [1.29, 1.82) is 0 Å². The summed E-state index contributed by atoms with van der Waals surface area (Å²) < 4.78 is 53.0. The predicted octanol–water partition coefficient (Wildman–Crippen LogP) is 1.51. The first-order chi connectivity index (χ1) is 9.36. The standard InChI is InChI=1S/C12H11F4NO3/c1-17(3-2-4-18)12(20)7-6(5-19)8(13)10(15)11(16)9(7)14/h5,18H,2-4H2,1H3. The Kier molecular flexibility index (Phi) is 5.20. The minimum absolute atomic E-state index is 0.0340. The van der Waals surface area contributed by atoms with Crippen LogP contribution in [0.25, 0.3) is 0 Å². The molecule has 1 N–H and O–H groups in total. The Bertz CT molecular complexity index is 548. The van der Waals surface area contributed by atoms with Gasteiger partial charge in [0.25, 0.3) is 5.91 Å². The Morgan fingerprint density at radius 3 is 2.20 bits per heavy atom. The molecule has 0 fully saturated rings. The van der Waals surface area contributed by atoms with Gasteiger partial charge in [0.05, 0.1) is 11.1 Å². The molecule has 0 aliphatic rings. The summed E-state index contributed by atoms with van der Waals surface area (Å²) in [5, 5.41) is 8.61. The first-order valence-corrected chi connectivity index (χ1v) is 5.54. The van der Waals surface area contributed by atoms with Crippen LogP contribution in [-0.4, -0.2) is 42.4 Å². The predicted molar refractivity (Wildman–Crippen MR) is 60.3 cm³/mol. The van der Waals surface area contributed by atoms with Crippen LogP contribution in [0.15, 0.2) is 0 Å². The van der Waals surface area contributed by atoms with Gasteiger partial charge in [0.1, 0.15) is 0 Å². The highest BCUT2D eigenvalue weighted by Gasteiger charge is 2.30. The molecule has 0 aromatic heterocycles. The van der Waals surface area contributed by atoms with E-state index in [-0.39, 0.29) is 25.9 Å². The third kappa shape index (κ3) is 2.79. The molecule has 0 aliphatic heterocycles. The molecule has 0 unspecified atom stereocenters. The molecule has 0 atom stereocenters. The van der Waals surface area contributed by atoms with Crippen molar-refractivity contribution in [2.45, 2.75) is 6.42 Å². The van der Waals surface area contributed by atoms with Crippen molar-refractivity contribution in [3.8, 4) is 0 Å². The molecule has 1 amide bonds. The molecular weight excluding hydrogens is 282 g/mol. The molecule has 4 nitrogen and oxygen atoms in total. The second kappa shape index (κ2) is 6.47. The number of carbonyl (C=O) groups is 2. The second-order valence-electron chi connectivity index (χ2n) is 3.97. The fourth-order valence-corrected chi connectivity index (χ4v) is 1.57. The van der Waals surface area contributed by atoms with Crippen LogP contribution >= 0.6 is 0 Å². The molecule has 1 aromatic carbocycles. The van der Waals surface area contributed by atoms with E-state index in [9.17, 15) is 27.2 Å². The fraction of sp³-hybridized carbons (Fsp3) is 0.333. The van der Waals surface area contributed by atoms with Crippen LogP contribution in [-0.2, 0) is 0 Å². The minimum Gasteiger partial charge on any atom is -0.396 e. The van der Waals surface area contributed by atoms with E-state index >= 15 is 0 Å². The average molecular weight is 293 g/mol. The Labute approximate surface area is 111 Å². The number of aliphatic hydroxyl groups is 1. The van der Waals surface area contributed by atoms with E-state index in [1.807, 2.05) is 0 Å². The highest BCUT2D eigenvalue weighted by atomic mass is 19.2. The lowest BCUT2D eigenvalue weighted by Crippen LogP contribution is -2.31.